The SMILES string of the molecule is C=CN1Cc2cccc(c2)CN2C=C(C[C@@H](C(=O)NCc3ccc(C(=N)N)cc3)NC(=O)[C@H](NS(=O)(=O)Cc3ccccc3)C/N=N\1)NN2. The van der Waals surface area contributed by atoms with Crippen molar-refractivity contribution < 1.29 is 18.0 Å². The Kier molecular flexibility index (Phi) is 11.4. The molecule has 2 aliphatic heterocycles. The van der Waals surface area contributed by atoms with Gasteiger partial charge in [0.05, 0.1) is 25.4 Å². The zero-order valence-electron chi connectivity index (χ0n) is 26.7. The number of sulfonamides is 1. The zero-order chi connectivity index (χ0) is 34.8. The van der Waals surface area contributed by atoms with Crippen molar-refractivity contribution in [3.8, 4) is 0 Å². The van der Waals surface area contributed by atoms with Crippen LogP contribution < -0.4 is 32.0 Å². The second kappa shape index (κ2) is 16.0. The third-order valence-corrected chi connectivity index (χ3v) is 9.00. The minimum Gasteiger partial charge on any atom is -0.384 e. The van der Waals surface area contributed by atoms with E-state index in [9.17, 15) is 18.0 Å². The van der Waals surface area contributed by atoms with Gasteiger partial charge in [-0.1, -0.05) is 90.7 Å². The first kappa shape index (κ1) is 34.7. The standard InChI is InChI=1S/C33H39N11O4S/c1-2-43-19-25-9-6-10-26(15-25)20-44-21-28(39-42-44)16-29(32(45)36-17-23-11-13-27(14-12-23)31(34)35)38-33(46)30(18-37-41-43)40-49(47,48)22-24-7-4-3-5-8-24/h2-15,21,29-30,39-40,42H,1,16-20,22H2,(H3,34,35)(H,36,45)(H,38,46)/b41-37-/t29-,30+/m0/s1. The Morgan fingerprint density at radius 3 is 2.49 bits per heavy atom. The maximum absolute atomic E-state index is 13.8. The molecule has 0 fully saturated rings. The number of nitrogens with two attached hydrogens (primary N) is 1. The van der Waals surface area contributed by atoms with Crippen molar-refractivity contribution in [2.24, 2.45) is 16.1 Å². The molecule has 3 aromatic rings. The zero-order valence-corrected chi connectivity index (χ0v) is 27.5. The molecule has 3 aromatic carbocycles. The summed E-state index contributed by atoms with van der Waals surface area (Å²) >= 11 is 0. The fourth-order valence-corrected chi connectivity index (χ4v) is 6.50. The van der Waals surface area contributed by atoms with Crippen LogP contribution >= 0.6 is 0 Å². The van der Waals surface area contributed by atoms with E-state index >= 15 is 0 Å². The molecular weight excluding hydrogens is 647 g/mol. The molecule has 0 spiro atoms. The molecule has 0 aliphatic carbocycles. The van der Waals surface area contributed by atoms with Crippen molar-refractivity contribution in [2.75, 3.05) is 6.54 Å². The number of hydrogen-bond acceptors (Lipinski definition) is 11. The molecule has 0 unspecified atom stereocenters. The van der Waals surface area contributed by atoms with E-state index in [0.29, 0.717) is 29.9 Å². The lowest BCUT2D eigenvalue weighted by atomic mass is 10.1. The number of hydrazine groups is 2. The number of hydrogen-bond donors (Lipinski definition) is 7. The fourth-order valence-electron chi connectivity index (χ4n) is 5.17. The highest BCUT2D eigenvalue weighted by Gasteiger charge is 2.30. The van der Waals surface area contributed by atoms with E-state index in [1.165, 1.54) is 11.2 Å². The molecule has 15 nitrogen and oxygen atoms in total. The topological polar surface area (TPSA) is 210 Å². The van der Waals surface area contributed by atoms with Crippen LogP contribution in [0.4, 0.5) is 0 Å². The number of carbonyl (C=O) groups is 2. The Labute approximate surface area is 284 Å². The highest BCUT2D eigenvalue weighted by molar-refractivity contribution is 7.88. The molecule has 4 bridgehead atoms. The predicted molar refractivity (Wildman–Crippen MR) is 184 cm³/mol. The minimum absolute atomic E-state index is 0.0552. The number of carbonyl (C=O) groups excluding carboxylic acids is 2. The number of fused-ring (bicyclic) bond motifs is 3. The predicted octanol–water partition coefficient (Wildman–Crippen LogP) is 1.64. The number of amidine groups is 1. The van der Waals surface area contributed by atoms with Crippen molar-refractivity contribution in [3.63, 3.8) is 0 Å². The van der Waals surface area contributed by atoms with Gasteiger partial charge in [-0.25, -0.2) is 13.1 Å². The van der Waals surface area contributed by atoms with Crippen LogP contribution in [0.1, 0.15) is 34.2 Å². The van der Waals surface area contributed by atoms with E-state index in [2.05, 4.69) is 43.2 Å². The van der Waals surface area contributed by atoms with E-state index < -0.39 is 33.9 Å². The van der Waals surface area contributed by atoms with Crippen LogP contribution in [0.3, 0.4) is 0 Å². The van der Waals surface area contributed by atoms with Gasteiger partial charge in [0.1, 0.15) is 17.9 Å². The first-order chi connectivity index (χ1) is 23.6. The molecule has 16 heteroatoms. The summed E-state index contributed by atoms with van der Waals surface area (Å²) in [6.45, 7) is 4.42. The van der Waals surface area contributed by atoms with Gasteiger partial charge < -0.3 is 21.8 Å². The van der Waals surface area contributed by atoms with E-state index in [0.717, 1.165) is 16.7 Å². The van der Waals surface area contributed by atoms with E-state index in [4.69, 9.17) is 11.1 Å². The Morgan fingerprint density at radius 1 is 1.04 bits per heavy atom. The maximum Gasteiger partial charge on any atom is 0.243 e. The van der Waals surface area contributed by atoms with Gasteiger partial charge in [-0.15, -0.1) is 5.53 Å². The lowest BCUT2D eigenvalue weighted by Crippen LogP contribution is -2.55. The summed E-state index contributed by atoms with van der Waals surface area (Å²) in [6.07, 6.45) is 3.34. The lowest BCUT2D eigenvalue weighted by Gasteiger charge is -2.23. The van der Waals surface area contributed by atoms with Crippen LogP contribution in [0.25, 0.3) is 0 Å². The quantitative estimate of drug-likeness (QED) is 0.129. The smallest absolute Gasteiger partial charge is 0.243 e. The molecule has 2 amide bonds. The number of amides is 2. The third kappa shape index (κ3) is 10.2. The summed E-state index contributed by atoms with van der Waals surface area (Å²) in [5, 5.41) is 24.8. The number of benzene rings is 3. The highest BCUT2D eigenvalue weighted by atomic mass is 32.2. The largest absolute Gasteiger partial charge is 0.384 e. The normalized spacial score (nSPS) is 19.1. The molecule has 2 aliphatic rings. The van der Waals surface area contributed by atoms with Crippen LogP contribution in [0.5, 0.6) is 0 Å². The monoisotopic (exact) mass is 685 g/mol. The molecule has 2 atom stereocenters. The maximum atomic E-state index is 13.8. The van der Waals surface area contributed by atoms with Crippen LogP contribution in [-0.4, -0.2) is 54.7 Å². The van der Waals surface area contributed by atoms with Crippen LogP contribution in [-0.2, 0) is 45.0 Å². The number of rotatable bonds is 9. The van der Waals surface area contributed by atoms with Crippen LogP contribution in [0.15, 0.2) is 114 Å². The summed E-state index contributed by atoms with van der Waals surface area (Å²) in [5.74, 6) is -1.69. The Hall–Kier alpha value is -5.58. The molecule has 8 N–H and O–H groups in total. The van der Waals surface area contributed by atoms with Crippen molar-refractivity contribution in [3.05, 3.63) is 131 Å². The summed E-state index contributed by atoms with van der Waals surface area (Å²) in [4.78, 5) is 27.4. The first-order valence-corrected chi connectivity index (χ1v) is 17.1. The molecule has 0 radical (unpaired) electrons. The lowest BCUT2D eigenvalue weighted by molar-refractivity contribution is -0.129. The first-order valence-electron chi connectivity index (χ1n) is 15.5. The second-order valence-electron chi connectivity index (χ2n) is 11.5. The number of nitrogens with zero attached hydrogens (tertiary/aromatic N) is 4. The number of nitrogens with one attached hydrogen (secondary N) is 6. The van der Waals surface area contributed by atoms with Crippen molar-refractivity contribution >= 4 is 27.7 Å². The van der Waals surface area contributed by atoms with Gasteiger partial charge in [-0.05, 0) is 22.3 Å². The second-order valence-corrected chi connectivity index (χ2v) is 13.3. The molecule has 0 aromatic heterocycles. The van der Waals surface area contributed by atoms with Gasteiger partial charge in [0.25, 0.3) is 0 Å². The van der Waals surface area contributed by atoms with Gasteiger partial charge in [-0.3, -0.25) is 25.0 Å². The average Bonchev–Trinajstić information content (AvgIpc) is 3.52. The van der Waals surface area contributed by atoms with Crippen LogP contribution in [0.2, 0.25) is 0 Å². The van der Waals surface area contributed by atoms with Gasteiger partial charge in [0, 0.05) is 36.6 Å². The molecule has 0 saturated carbocycles. The van der Waals surface area contributed by atoms with Crippen molar-refractivity contribution in [2.45, 2.75) is 43.9 Å². The fraction of sp³-hybridized carbons (Fsp3) is 0.242. The molecule has 0 saturated heterocycles. The Morgan fingerprint density at radius 2 is 1.78 bits per heavy atom. The molecule has 256 valence electrons. The molecular formula is C33H39N11O4S. The summed E-state index contributed by atoms with van der Waals surface area (Å²) in [5.41, 5.74) is 16.1. The van der Waals surface area contributed by atoms with Gasteiger partial charge >= 0.3 is 0 Å². The molecule has 5 rings (SSSR count). The Bertz CT molecular complexity index is 1830. The Balaban J connectivity index is 1.42. The highest BCUT2D eigenvalue weighted by Crippen LogP contribution is 2.16. The minimum atomic E-state index is -4.03. The van der Waals surface area contributed by atoms with E-state index in [-0.39, 0.29) is 31.1 Å². The summed E-state index contributed by atoms with van der Waals surface area (Å²) < 4.78 is 29.0. The van der Waals surface area contributed by atoms with Crippen molar-refractivity contribution in [1.29, 1.82) is 5.41 Å². The average molecular weight is 686 g/mol. The third-order valence-electron chi connectivity index (χ3n) is 7.64. The number of nitrogen functional groups attached to an aromatic ring is 1. The van der Waals surface area contributed by atoms with Gasteiger partial charge in [0.2, 0.25) is 21.8 Å². The van der Waals surface area contributed by atoms with Gasteiger partial charge in [-0.2, -0.15) is 5.11 Å². The van der Waals surface area contributed by atoms with E-state index in [1.807, 2.05) is 29.3 Å². The summed E-state index contributed by atoms with van der Waals surface area (Å²) in [7, 11) is -4.03. The molecule has 2 heterocycles. The van der Waals surface area contributed by atoms with E-state index in [1.54, 1.807) is 60.8 Å². The molecule has 49 heavy (non-hydrogen) atoms. The van der Waals surface area contributed by atoms with Crippen molar-refractivity contribution in [1.82, 2.24) is 36.3 Å². The van der Waals surface area contributed by atoms with Gasteiger partial charge in [0.15, 0.2) is 0 Å². The summed E-state index contributed by atoms with van der Waals surface area (Å²) in [6, 6.07) is 20.8. The van der Waals surface area contributed by atoms with Crippen LogP contribution in [0, 0.1) is 5.41 Å².